The smallest absolute Gasteiger partial charge is 0.258 e. The van der Waals surface area contributed by atoms with Gasteiger partial charge in [-0.3, -0.25) is 15.1 Å². The van der Waals surface area contributed by atoms with Crippen LogP contribution in [0, 0.1) is 10.1 Å². The average Bonchev–Trinajstić information content (AvgIpc) is 3.15. The molecule has 0 unspecified atom stereocenters. The molecule has 3 aromatic carbocycles. The van der Waals surface area contributed by atoms with Gasteiger partial charge in [-0.05, 0) is 59.7 Å². The molecule has 0 aliphatic rings. The fourth-order valence-electron chi connectivity index (χ4n) is 2.66. The third-order valence-electron chi connectivity index (χ3n) is 4.18. The first kappa shape index (κ1) is 20.8. The first-order chi connectivity index (χ1) is 14.5. The summed E-state index contributed by atoms with van der Waals surface area (Å²) in [5.41, 5.74) is 3.52. The van der Waals surface area contributed by atoms with Gasteiger partial charge in [-0.15, -0.1) is 11.3 Å². The van der Waals surface area contributed by atoms with E-state index < -0.39 is 4.92 Å². The van der Waals surface area contributed by atoms with Crippen LogP contribution in [0.4, 0.5) is 11.4 Å². The maximum atomic E-state index is 10.7. The Balaban J connectivity index is 1.48. The summed E-state index contributed by atoms with van der Waals surface area (Å²) in [5.74, 6) is 0.685. The highest BCUT2D eigenvalue weighted by molar-refractivity contribution is 8.00. The Morgan fingerprint density at radius 1 is 1.10 bits per heavy atom. The van der Waals surface area contributed by atoms with Crippen LogP contribution in [-0.4, -0.2) is 16.1 Å². The van der Waals surface area contributed by atoms with Gasteiger partial charge in [0.25, 0.3) is 5.69 Å². The molecule has 9 heteroatoms. The summed E-state index contributed by atoms with van der Waals surface area (Å²) in [6.07, 6.45) is 1.68. The van der Waals surface area contributed by atoms with Gasteiger partial charge in [0.2, 0.25) is 0 Å². The highest BCUT2D eigenvalue weighted by atomic mass is 35.5. The Bertz CT molecular complexity index is 1260. The molecule has 0 aliphatic carbocycles. The van der Waals surface area contributed by atoms with Crippen molar-refractivity contribution in [1.29, 1.82) is 0 Å². The lowest BCUT2D eigenvalue weighted by atomic mass is 10.2. The first-order valence-corrected chi connectivity index (χ1v) is 11.3. The van der Waals surface area contributed by atoms with Crippen LogP contribution in [0.25, 0.3) is 10.2 Å². The summed E-state index contributed by atoms with van der Waals surface area (Å²) < 4.78 is 1.98. The molecule has 0 fully saturated rings. The van der Waals surface area contributed by atoms with Crippen LogP contribution in [0.2, 0.25) is 10.0 Å². The maximum absolute atomic E-state index is 10.7. The standard InChI is InChI=1S/C21H13Cl2N3O2S2/c22-15-3-7-18(23)14(9-15)12-29-21-25-19-8-4-16(10-20(19)30-21)24-11-13-1-5-17(6-2-13)26(27)28/h1-11H,12H2. The highest BCUT2D eigenvalue weighted by Crippen LogP contribution is 2.35. The number of thiazole rings is 1. The number of non-ortho nitro benzene ring substituents is 1. The van der Waals surface area contributed by atoms with E-state index in [4.69, 9.17) is 23.2 Å². The Hall–Kier alpha value is -2.45. The molecule has 1 aromatic heterocycles. The zero-order valence-electron chi connectivity index (χ0n) is 15.3. The van der Waals surface area contributed by atoms with Crippen molar-refractivity contribution in [3.05, 3.63) is 92.0 Å². The van der Waals surface area contributed by atoms with Crippen LogP contribution in [-0.2, 0) is 5.75 Å². The molecule has 0 saturated heterocycles. The second-order valence-electron chi connectivity index (χ2n) is 6.26. The lowest BCUT2D eigenvalue weighted by Crippen LogP contribution is -1.88. The molecule has 4 aromatic rings. The van der Waals surface area contributed by atoms with Gasteiger partial charge in [0.1, 0.15) is 0 Å². The zero-order chi connectivity index (χ0) is 21.1. The van der Waals surface area contributed by atoms with Crippen molar-refractivity contribution in [1.82, 2.24) is 4.98 Å². The van der Waals surface area contributed by atoms with Crippen LogP contribution in [0.15, 0.2) is 70.0 Å². The monoisotopic (exact) mass is 473 g/mol. The molecular weight excluding hydrogens is 461 g/mol. The maximum Gasteiger partial charge on any atom is 0.269 e. The van der Waals surface area contributed by atoms with Crippen LogP contribution >= 0.6 is 46.3 Å². The second-order valence-corrected chi connectivity index (χ2v) is 9.36. The zero-order valence-corrected chi connectivity index (χ0v) is 18.4. The summed E-state index contributed by atoms with van der Waals surface area (Å²) in [6.45, 7) is 0. The summed E-state index contributed by atoms with van der Waals surface area (Å²) in [4.78, 5) is 19.4. The number of fused-ring (bicyclic) bond motifs is 1. The molecule has 0 atom stereocenters. The summed E-state index contributed by atoms with van der Waals surface area (Å²) in [6, 6.07) is 17.5. The van der Waals surface area contributed by atoms with Gasteiger partial charge < -0.3 is 0 Å². The van der Waals surface area contributed by atoms with Crippen molar-refractivity contribution in [3.8, 4) is 0 Å². The number of nitro groups is 1. The Labute approximate surface area is 190 Å². The lowest BCUT2D eigenvalue weighted by Gasteiger charge is -2.02. The van der Waals surface area contributed by atoms with Crippen LogP contribution < -0.4 is 0 Å². The number of aliphatic imine (C=N–C) groups is 1. The minimum Gasteiger partial charge on any atom is -0.258 e. The average molecular weight is 474 g/mol. The molecule has 5 nitrogen and oxygen atoms in total. The molecular formula is C21H13Cl2N3O2S2. The van der Waals surface area contributed by atoms with Crippen LogP contribution in [0.5, 0.6) is 0 Å². The number of benzene rings is 3. The fourth-order valence-corrected chi connectivity index (χ4v) is 5.21. The van der Waals surface area contributed by atoms with Crippen LogP contribution in [0.3, 0.4) is 0 Å². The Morgan fingerprint density at radius 2 is 1.90 bits per heavy atom. The van der Waals surface area contributed by atoms with Crippen molar-refractivity contribution in [2.24, 2.45) is 4.99 Å². The summed E-state index contributed by atoms with van der Waals surface area (Å²) >= 11 is 15.5. The minimum atomic E-state index is -0.422. The number of nitro benzene ring substituents is 1. The number of hydrogen-bond donors (Lipinski definition) is 0. The first-order valence-electron chi connectivity index (χ1n) is 8.74. The van der Waals surface area contributed by atoms with Crippen molar-refractivity contribution >= 4 is 74.1 Å². The molecule has 0 radical (unpaired) electrons. The lowest BCUT2D eigenvalue weighted by molar-refractivity contribution is -0.384. The molecule has 150 valence electrons. The number of nitrogens with zero attached hydrogens (tertiary/aromatic N) is 3. The van der Waals surface area contributed by atoms with E-state index in [0.29, 0.717) is 15.8 Å². The van der Waals surface area contributed by atoms with E-state index in [2.05, 4.69) is 9.98 Å². The van der Waals surface area contributed by atoms with Crippen molar-refractivity contribution in [2.75, 3.05) is 0 Å². The minimum absolute atomic E-state index is 0.0577. The number of halogens is 2. The molecule has 4 rings (SSSR count). The van der Waals surface area contributed by atoms with E-state index in [1.54, 1.807) is 53.6 Å². The molecule has 30 heavy (non-hydrogen) atoms. The van der Waals surface area contributed by atoms with Gasteiger partial charge in [-0.2, -0.15) is 0 Å². The third-order valence-corrected chi connectivity index (χ3v) is 6.99. The molecule has 0 saturated carbocycles. The predicted octanol–water partition coefficient (Wildman–Crippen LogP) is 7.55. The van der Waals surface area contributed by atoms with E-state index in [1.807, 2.05) is 24.3 Å². The van der Waals surface area contributed by atoms with Gasteiger partial charge in [0.05, 0.1) is 20.8 Å². The molecule has 0 bridgehead atoms. The van der Waals surface area contributed by atoms with Crippen molar-refractivity contribution < 1.29 is 4.92 Å². The largest absolute Gasteiger partial charge is 0.269 e. The van der Waals surface area contributed by atoms with E-state index in [9.17, 15) is 10.1 Å². The molecule has 0 amide bonds. The number of aromatic nitrogens is 1. The SMILES string of the molecule is O=[N+]([O-])c1ccc(C=Nc2ccc3nc(SCc4cc(Cl)ccc4Cl)sc3c2)cc1. The molecule has 0 N–H and O–H groups in total. The third kappa shape index (κ3) is 4.99. The van der Waals surface area contributed by atoms with Gasteiger partial charge >= 0.3 is 0 Å². The summed E-state index contributed by atoms with van der Waals surface area (Å²) in [7, 11) is 0. The highest BCUT2D eigenvalue weighted by Gasteiger charge is 2.08. The van der Waals surface area contributed by atoms with Gasteiger partial charge in [0.15, 0.2) is 4.34 Å². The van der Waals surface area contributed by atoms with Crippen molar-refractivity contribution in [2.45, 2.75) is 10.1 Å². The van der Waals surface area contributed by atoms with Gasteiger partial charge in [-0.1, -0.05) is 35.0 Å². The van der Waals surface area contributed by atoms with Crippen LogP contribution in [0.1, 0.15) is 11.1 Å². The number of thioether (sulfide) groups is 1. The predicted molar refractivity (Wildman–Crippen MR) is 126 cm³/mol. The van der Waals surface area contributed by atoms with E-state index in [1.165, 1.54) is 12.1 Å². The van der Waals surface area contributed by atoms with E-state index >= 15 is 0 Å². The van der Waals surface area contributed by atoms with Gasteiger partial charge in [0, 0.05) is 34.1 Å². The fraction of sp³-hybridized carbons (Fsp3) is 0.0476. The molecule has 0 spiro atoms. The second kappa shape index (κ2) is 9.14. The number of rotatable bonds is 6. The normalized spacial score (nSPS) is 11.4. The Kier molecular flexibility index (Phi) is 6.34. The van der Waals surface area contributed by atoms with E-state index in [0.717, 1.165) is 31.4 Å². The molecule has 1 heterocycles. The summed E-state index contributed by atoms with van der Waals surface area (Å²) in [5, 5.41) is 12.1. The molecule has 0 aliphatic heterocycles. The quantitative estimate of drug-likeness (QED) is 0.125. The van der Waals surface area contributed by atoms with Crippen molar-refractivity contribution in [3.63, 3.8) is 0 Å². The Morgan fingerprint density at radius 3 is 2.67 bits per heavy atom. The van der Waals surface area contributed by atoms with E-state index in [-0.39, 0.29) is 5.69 Å². The topological polar surface area (TPSA) is 68.4 Å². The van der Waals surface area contributed by atoms with Gasteiger partial charge in [-0.25, -0.2) is 4.98 Å². The number of hydrogen-bond acceptors (Lipinski definition) is 6.